The van der Waals surface area contributed by atoms with E-state index in [9.17, 15) is 0 Å². The summed E-state index contributed by atoms with van der Waals surface area (Å²) in [6.07, 6.45) is 0. The molecular formula is C9H21N3. The second-order valence-electron chi connectivity index (χ2n) is 3.94. The molecule has 1 aliphatic rings. The lowest BCUT2D eigenvalue weighted by atomic mass is 10.2. The van der Waals surface area contributed by atoms with Crippen molar-refractivity contribution in [3.05, 3.63) is 0 Å². The molecule has 0 aromatic heterocycles. The Morgan fingerprint density at radius 3 is 2.42 bits per heavy atom. The van der Waals surface area contributed by atoms with Crippen LogP contribution in [0.25, 0.3) is 0 Å². The Kier molecular flexibility index (Phi) is 3.98. The lowest BCUT2D eigenvalue weighted by molar-refractivity contribution is -0.0186. The summed E-state index contributed by atoms with van der Waals surface area (Å²) in [7, 11) is 2.19. The predicted octanol–water partition coefficient (Wildman–Crippen LogP) is 0.394. The van der Waals surface area contributed by atoms with Gasteiger partial charge in [-0.1, -0.05) is 13.8 Å². The molecule has 1 rings (SSSR count). The number of hydrogen-bond donors (Lipinski definition) is 1. The van der Waals surface area contributed by atoms with E-state index < -0.39 is 0 Å². The average molecular weight is 171 g/mol. The average Bonchev–Trinajstić information content (AvgIpc) is 2.05. The molecule has 0 saturated carbocycles. The Labute approximate surface area is 75.7 Å². The van der Waals surface area contributed by atoms with Crippen LogP contribution in [0.15, 0.2) is 0 Å². The van der Waals surface area contributed by atoms with Gasteiger partial charge in [-0.25, -0.2) is 10.0 Å². The van der Waals surface area contributed by atoms with E-state index in [0.29, 0.717) is 0 Å². The van der Waals surface area contributed by atoms with Gasteiger partial charge in [-0.2, -0.15) is 0 Å². The van der Waals surface area contributed by atoms with E-state index in [1.807, 2.05) is 0 Å². The maximum Gasteiger partial charge on any atom is 0.0259 e. The van der Waals surface area contributed by atoms with Crippen LogP contribution in [0.2, 0.25) is 0 Å². The third kappa shape index (κ3) is 3.09. The summed E-state index contributed by atoms with van der Waals surface area (Å²) in [6.45, 7) is 10.3. The zero-order chi connectivity index (χ0) is 8.97. The Balaban J connectivity index is 2.24. The van der Waals surface area contributed by atoms with E-state index in [4.69, 9.17) is 0 Å². The van der Waals surface area contributed by atoms with Gasteiger partial charge in [0.15, 0.2) is 0 Å². The maximum atomic E-state index is 3.35. The van der Waals surface area contributed by atoms with Gasteiger partial charge in [0.2, 0.25) is 0 Å². The standard InChI is InChI=1S/C9H21N3/c1-9(2)8-11(3)12-6-4-10-5-7-12/h9-10H,4-8H2,1-3H3. The molecule has 0 aliphatic carbocycles. The lowest BCUT2D eigenvalue weighted by Gasteiger charge is -2.36. The van der Waals surface area contributed by atoms with E-state index >= 15 is 0 Å². The summed E-state index contributed by atoms with van der Waals surface area (Å²) >= 11 is 0. The van der Waals surface area contributed by atoms with Crippen molar-refractivity contribution in [1.29, 1.82) is 0 Å². The summed E-state index contributed by atoms with van der Waals surface area (Å²) in [6, 6.07) is 0. The maximum absolute atomic E-state index is 3.35. The van der Waals surface area contributed by atoms with Crippen molar-refractivity contribution in [2.45, 2.75) is 13.8 Å². The molecule has 0 radical (unpaired) electrons. The number of hydrogen-bond acceptors (Lipinski definition) is 3. The topological polar surface area (TPSA) is 18.5 Å². The number of rotatable bonds is 3. The summed E-state index contributed by atoms with van der Waals surface area (Å²) in [5.74, 6) is 0.755. The molecule has 12 heavy (non-hydrogen) atoms. The first-order valence-electron chi connectivity index (χ1n) is 4.87. The molecule has 0 atom stereocenters. The first kappa shape index (κ1) is 9.96. The van der Waals surface area contributed by atoms with Gasteiger partial charge in [0.1, 0.15) is 0 Å². The highest BCUT2D eigenvalue weighted by atomic mass is 15.6. The Morgan fingerprint density at radius 2 is 1.92 bits per heavy atom. The Hall–Kier alpha value is -0.120. The minimum Gasteiger partial charge on any atom is -0.314 e. The monoisotopic (exact) mass is 171 g/mol. The molecule has 0 amide bonds. The van der Waals surface area contributed by atoms with Gasteiger partial charge in [-0.15, -0.1) is 0 Å². The number of hydrazine groups is 1. The Morgan fingerprint density at radius 1 is 1.33 bits per heavy atom. The van der Waals surface area contributed by atoms with Gasteiger partial charge in [0.25, 0.3) is 0 Å². The van der Waals surface area contributed by atoms with Gasteiger partial charge in [0.05, 0.1) is 0 Å². The molecule has 3 nitrogen and oxygen atoms in total. The summed E-state index contributed by atoms with van der Waals surface area (Å²) < 4.78 is 0. The van der Waals surface area contributed by atoms with E-state index in [2.05, 4.69) is 36.2 Å². The van der Waals surface area contributed by atoms with Crippen molar-refractivity contribution in [1.82, 2.24) is 15.3 Å². The van der Waals surface area contributed by atoms with Gasteiger partial charge >= 0.3 is 0 Å². The van der Waals surface area contributed by atoms with Crippen LogP contribution in [0.1, 0.15) is 13.8 Å². The highest BCUT2D eigenvalue weighted by Gasteiger charge is 2.14. The third-order valence-corrected chi connectivity index (χ3v) is 2.21. The van der Waals surface area contributed by atoms with Gasteiger partial charge in [-0.05, 0) is 5.92 Å². The fraction of sp³-hybridized carbons (Fsp3) is 1.00. The normalized spacial score (nSPS) is 20.8. The van der Waals surface area contributed by atoms with Crippen molar-refractivity contribution >= 4 is 0 Å². The largest absolute Gasteiger partial charge is 0.314 e. The second kappa shape index (κ2) is 4.80. The van der Waals surface area contributed by atoms with E-state index in [1.165, 1.54) is 6.54 Å². The lowest BCUT2D eigenvalue weighted by Crippen LogP contribution is -2.51. The van der Waals surface area contributed by atoms with Crippen molar-refractivity contribution in [2.24, 2.45) is 5.92 Å². The SMILES string of the molecule is CC(C)CN(C)N1CCNCC1. The molecule has 0 aromatic carbocycles. The van der Waals surface area contributed by atoms with Gasteiger partial charge in [-0.3, -0.25) is 0 Å². The zero-order valence-corrected chi connectivity index (χ0v) is 8.51. The van der Waals surface area contributed by atoms with Crippen LogP contribution in [-0.2, 0) is 0 Å². The first-order chi connectivity index (χ1) is 5.70. The minimum atomic E-state index is 0.755. The molecule has 0 bridgehead atoms. The van der Waals surface area contributed by atoms with Crippen LogP contribution in [0.4, 0.5) is 0 Å². The molecule has 3 heteroatoms. The number of nitrogens with zero attached hydrogens (tertiary/aromatic N) is 2. The van der Waals surface area contributed by atoms with Crippen molar-refractivity contribution in [3.8, 4) is 0 Å². The first-order valence-corrected chi connectivity index (χ1v) is 4.87. The highest BCUT2D eigenvalue weighted by Crippen LogP contribution is 2.01. The molecule has 1 aliphatic heterocycles. The molecule has 0 spiro atoms. The van der Waals surface area contributed by atoms with Crippen LogP contribution >= 0.6 is 0 Å². The van der Waals surface area contributed by atoms with Crippen LogP contribution in [-0.4, -0.2) is 49.8 Å². The minimum absolute atomic E-state index is 0.755. The van der Waals surface area contributed by atoms with Gasteiger partial charge in [0, 0.05) is 39.8 Å². The fourth-order valence-electron chi connectivity index (χ4n) is 1.64. The van der Waals surface area contributed by atoms with E-state index in [0.717, 1.165) is 32.1 Å². The van der Waals surface area contributed by atoms with Crippen LogP contribution in [0.5, 0.6) is 0 Å². The van der Waals surface area contributed by atoms with Crippen molar-refractivity contribution in [2.75, 3.05) is 39.8 Å². The van der Waals surface area contributed by atoms with Crippen molar-refractivity contribution < 1.29 is 0 Å². The third-order valence-electron chi connectivity index (χ3n) is 2.21. The molecular weight excluding hydrogens is 150 g/mol. The summed E-state index contributed by atoms with van der Waals surface area (Å²) in [4.78, 5) is 0. The van der Waals surface area contributed by atoms with Gasteiger partial charge < -0.3 is 5.32 Å². The molecule has 0 aromatic rings. The van der Waals surface area contributed by atoms with E-state index in [1.54, 1.807) is 0 Å². The summed E-state index contributed by atoms with van der Waals surface area (Å²) in [5, 5.41) is 8.13. The molecule has 1 N–H and O–H groups in total. The predicted molar refractivity (Wildman–Crippen MR) is 51.9 cm³/mol. The van der Waals surface area contributed by atoms with Crippen LogP contribution < -0.4 is 5.32 Å². The van der Waals surface area contributed by atoms with Crippen LogP contribution in [0, 0.1) is 5.92 Å². The van der Waals surface area contributed by atoms with Crippen molar-refractivity contribution in [3.63, 3.8) is 0 Å². The molecule has 72 valence electrons. The molecule has 1 saturated heterocycles. The molecule has 0 unspecified atom stereocenters. The summed E-state index contributed by atoms with van der Waals surface area (Å²) in [5.41, 5.74) is 0. The second-order valence-corrected chi connectivity index (χ2v) is 3.94. The smallest absolute Gasteiger partial charge is 0.0259 e. The molecule has 1 heterocycles. The quantitative estimate of drug-likeness (QED) is 0.663. The Bertz CT molecular complexity index is 119. The number of piperazine rings is 1. The highest BCUT2D eigenvalue weighted by molar-refractivity contribution is 4.65. The van der Waals surface area contributed by atoms with Crippen LogP contribution in [0.3, 0.4) is 0 Å². The zero-order valence-electron chi connectivity index (χ0n) is 8.51. The molecule has 1 fully saturated rings. The van der Waals surface area contributed by atoms with E-state index in [-0.39, 0.29) is 0 Å². The fourth-order valence-corrected chi connectivity index (χ4v) is 1.64. The number of nitrogens with one attached hydrogen (secondary N) is 1.